The van der Waals surface area contributed by atoms with Crippen molar-refractivity contribution in [2.45, 2.75) is 119 Å². The second kappa shape index (κ2) is 9.69. The van der Waals surface area contributed by atoms with Gasteiger partial charge in [-0.3, -0.25) is 4.79 Å². The molecule has 1 N–H and O–H groups in total. The predicted octanol–water partition coefficient (Wildman–Crippen LogP) is 8.71. The molecular formula is C36H54N2O4. The van der Waals surface area contributed by atoms with Gasteiger partial charge >= 0.3 is 12.1 Å². The molecule has 0 aromatic carbocycles. The van der Waals surface area contributed by atoms with E-state index in [2.05, 4.69) is 53.1 Å². The molecule has 6 nitrogen and oxygen atoms in total. The van der Waals surface area contributed by atoms with E-state index in [0.29, 0.717) is 36.2 Å². The van der Waals surface area contributed by atoms with E-state index in [0.717, 1.165) is 31.5 Å². The van der Waals surface area contributed by atoms with Crippen LogP contribution in [0.15, 0.2) is 24.5 Å². The van der Waals surface area contributed by atoms with E-state index in [1.807, 2.05) is 0 Å². The van der Waals surface area contributed by atoms with Gasteiger partial charge in [0.15, 0.2) is 0 Å². The molecule has 0 saturated heterocycles. The first kappa shape index (κ1) is 29.9. The van der Waals surface area contributed by atoms with Crippen molar-refractivity contribution in [2.24, 2.45) is 56.7 Å². The van der Waals surface area contributed by atoms with Crippen LogP contribution in [0.4, 0.5) is 4.79 Å². The van der Waals surface area contributed by atoms with Gasteiger partial charge in [-0.15, -0.1) is 0 Å². The van der Waals surface area contributed by atoms with Crippen LogP contribution in [-0.4, -0.2) is 33.3 Å². The van der Waals surface area contributed by atoms with E-state index in [-0.39, 0.29) is 39.0 Å². The smallest absolute Gasteiger partial charge is 0.417 e. The molecule has 0 radical (unpaired) electrons. The van der Waals surface area contributed by atoms with Crippen LogP contribution in [0, 0.1) is 56.7 Å². The fourth-order valence-corrected chi connectivity index (χ4v) is 13.0. The quantitative estimate of drug-likeness (QED) is 0.285. The van der Waals surface area contributed by atoms with Crippen LogP contribution in [0.1, 0.15) is 124 Å². The largest absolute Gasteiger partial charge is 0.465 e. The van der Waals surface area contributed by atoms with Gasteiger partial charge in [0.1, 0.15) is 5.82 Å². The van der Waals surface area contributed by atoms with E-state index in [9.17, 15) is 14.7 Å². The molecule has 5 saturated carbocycles. The third-order valence-electron chi connectivity index (χ3n) is 15.0. The van der Waals surface area contributed by atoms with E-state index < -0.39 is 6.09 Å². The number of allylic oxidation sites excluding steroid dienone is 1. The summed E-state index contributed by atoms with van der Waals surface area (Å²) in [7, 11) is 0. The van der Waals surface area contributed by atoms with Crippen LogP contribution in [0.25, 0.3) is 0 Å². The van der Waals surface area contributed by atoms with Gasteiger partial charge in [0, 0.05) is 30.7 Å². The summed E-state index contributed by atoms with van der Waals surface area (Å²) in [6.07, 6.45) is 14.1. The minimum atomic E-state index is -0.934. The van der Waals surface area contributed by atoms with Gasteiger partial charge in [0.05, 0.1) is 6.61 Å². The first-order valence-corrected chi connectivity index (χ1v) is 16.7. The zero-order valence-corrected chi connectivity index (χ0v) is 27.2. The minimum Gasteiger partial charge on any atom is -0.465 e. The fourth-order valence-electron chi connectivity index (χ4n) is 13.0. The van der Waals surface area contributed by atoms with Gasteiger partial charge in [-0.25, -0.2) is 14.3 Å². The lowest BCUT2D eigenvalue weighted by Crippen LogP contribution is -2.66. The Kier molecular flexibility index (Phi) is 6.91. The van der Waals surface area contributed by atoms with Crippen LogP contribution in [-0.2, 0) is 9.53 Å². The number of hydrogen-bond acceptors (Lipinski definition) is 4. The van der Waals surface area contributed by atoms with Gasteiger partial charge in [-0.2, -0.15) is 0 Å². The molecule has 0 aliphatic heterocycles. The lowest BCUT2D eigenvalue weighted by molar-refractivity contribution is -0.242. The number of hydrogen-bond donors (Lipinski definition) is 1. The molecule has 1 aromatic rings. The number of imidazole rings is 1. The summed E-state index contributed by atoms with van der Waals surface area (Å²) in [4.78, 5) is 28.6. The Morgan fingerprint density at radius 3 is 2.36 bits per heavy atom. The number of aromatic nitrogens is 2. The van der Waals surface area contributed by atoms with Crippen LogP contribution in [0.5, 0.6) is 0 Å². The molecule has 0 spiro atoms. The summed E-state index contributed by atoms with van der Waals surface area (Å²) in [5, 5.41) is 9.85. The first-order chi connectivity index (χ1) is 19.6. The molecule has 232 valence electrons. The molecule has 6 heteroatoms. The molecule has 1 aromatic heterocycles. The third kappa shape index (κ3) is 3.91. The normalized spacial score (nSPS) is 45.6. The average molecular weight is 579 g/mol. The number of nitrogens with zero attached hydrogens (tertiary/aromatic N) is 2. The highest BCUT2D eigenvalue weighted by atomic mass is 16.5. The van der Waals surface area contributed by atoms with Gasteiger partial charge in [-0.1, -0.05) is 46.8 Å². The van der Waals surface area contributed by atoms with E-state index in [4.69, 9.17) is 4.74 Å². The molecule has 0 amide bonds. The van der Waals surface area contributed by atoms with Crippen molar-refractivity contribution in [2.75, 3.05) is 6.61 Å². The molecular weight excluding hydrogens is 524 g/mol. The molecule has 6 rings (SSSR count). The maximum Gasteiger partial charge on any atom is 0.417 e. The second-order valence-corrected chi connectivity index (χ2v) is 16.7. The van der Waals surface area contributed by atoms with Crippen LogP contribution in [0.3, 0.4) is 0 Å². The molecule has 10 atom stereocenters. The predicted molar refractivity (Wildman–Crippen MR) is 164 cm³/mol. The number of rotatable bonds is 4. The van der Waals surface area contributed by atoms with Crippen LogP contribution in [0.2, 0.25) is 0 Å². The maximum atomic E-state index is 12.0. The van der Waals surface area contributed by atoms with Gasteiger partial charge in [-0.05, 0) is 122 Å². The van der Waals surface area contributed by atoms with Gasteiger partial charge < -0.3 is 9.84 Å². The molecule has 0 unspecified atom stereocenters. The topological polar surface area (TPSA) is 81.4 Å². The fraction of sp³-hybridized carbons (Fsp3) is 0.806. The van der Waals surface area contributed by atoms with Gasteiger partial charge in [0.25, 0.3) is 0 Å². The van der Waals surface area contributed by atoms with Crippen molar-refractivity contribution in [3.05, 3.63) is 30.4 Å². The second-order valence-electron chi connectivity index (χ2n) is 16.7. The van der Waals surface area contributed by atoms with E-state index in [1.54, 1.807) is 19.3 Å². The highest BCUT2D eigenvalue weighted by Gasteiger charge is 2.71. The number of esters is 1. The minimum absolute atomic E-state index is 0.0348. The molecule has 5 fully saturated rings. The zero-order valence-electron chi connectivity index (χ0n) is 27.2. The summed E-state index contributed by atoms with van der Waals surface area (Å²) in [5.41, 5.74) is 2.09. The summed E-state index contributed by atoms with van der Waals surface area (Å²) in [6.45, 7) is 21.6. The standard InChI is InChI=1S/C36H54N2O4/c1-22(2)24-11-16-36(21-42-23(3)39)18-17-34(7)25(29(24)36)9-10-28-33(6)14-12-26(30-37-19-20-38(30)31(40)41)32(4,5)27(33)13-15-35(28,34)8/h19-20,24-29H,1,9-18,21H2,2-8H3,(H,40,41)/t24-,25+,26+,27-,28+,29+,33-,34+,35+,36+/m0/s1. The molecule has 5 aliphatic rings. The third-order valence-corrected chi connectivity index (χ3v) is 15.0. The lowest BCUT2D eigenvalue weighted by atomic mass is 9.32. The Morgan fingerprint density at radius 1 is 0.952 bits per heavy atom. The lowest BCUT2D eigenvalue weighted by Gasteiger charge is -2.73. The van der Waals surface area contributed by atoms with E-state index >= 15 is 0 Å². The Balaban J connectivity index is 1.34. The number of carboxylic acid groups (broad SMARTS) is 1. The highest BCUT2D eigenvalue weighted by molar-refractivity contribution is 5.68. The van der Waals surface area contributed by atoms with Crippen molar-refractivity contribution in [3.63, 3.8) is 0 Å². The Bertz CT molecular complexity index is 1280. The summed E-state index contributed by atoms with van der Waals surface area (Å²) in [6, 6.07) is 0. The van der Waals surface area contributed by atoms with Crippen molar-refractivity contribution < 1.29 is 19.4 Å². The average Bonchev–Trinajstić information content (AvgIpc) is 3.53. The Hall–Kier alpha value is -2.11. The Morgan fingerprint density at radius 2 is 1.69 bits per heavy atom. The van der Waals surface area contributed by atoms with Crippen molar-refractivity contribution in [1.29, 1.82) is 0 Å². The van der Waals surface area contributed by atoms with Gasteiger partial charge in [0.2, 0.25) is 0 Å². The van der Waals surface area contributed by atoms with Crippen molar-refractivity contribution in [3.8, 4) is 0 Å². The number of carbonyl (C=O) groups is 2. The first-order valence-electron chi connectivity index (χ1n) is 16.7. The number of ether oxygens (including phenoxy) is 1. The summed E-state index contributed by atoms with van der Waals surface area (Å²) in [5.74, 6) is 3.58. The summed E-state index contributed by atoms with van der Waals surface area (Å²) < 4.78 is 7.18. The highest BCUT2D eigenvalue weighted by Crippen LogP contribution is 2.78. The SMILES string of the molecule is C=C(C)[C@@H]1CC[C@]2(COC(C)=O)CC[C@]3(C)[C@H](CC[C@@H]4[C@@]5(C)CC[C@H](c6nccn6C(=O)O)C(C)(C)[C@@H]5CC[C@]43C)[C@@H]12. The zero-order chi connectivity index (χ0) is 30.5. The molecule has 0 bridgehead atoms. The van der Waals surface area contributed by atoms with Crippen LogP contribution >= 0.6 is 0 Å². The maximum absolute atomic E-state index is 12.0. The van der Waals surface area contributed by atoms with Crippen molar-refractivity contribution >= 4 is 12.1 Å². The number of carbonyl (C=O) groups excluding carboxylic acids is 1. The van der Waals surface area contributed by atoms with Crippen LogP contribution < -0.4 is 0 Å². The monoisotopic (exact) mass is 578 g/mol. The molecule has 1 heterocycles. The van der Waals surface area contributed by atoms with E-state index in [1.165, 1.54) is 48.7 Å². The van der Waals surface area contributed by atoms with Crippen molar-refractivity contribution in [1.82, 2.24) is 9.55 Å². The molecule has 42 heavy (non-hydrogen) atoms. The summed E-state index contributed by atoms with van der Waals surface area (Å²) >= 11 is 0. The number of fused-ring (bicyclic) bond motifs is 7. The molecule has 5 aliphatic carbocycles. The Labute approximate surface area is 253 Å².